The molecule has 2 aromatic heterocycles. The van der Waals surface area contributed by atoms with E-state index in [1.807, 2.05) is 18.4 Å². The molecule has 0 spiro atoms. The van der Waals surface area contributed by atoms with Gasteiger partial charge in [0, 0.05) is 31.6 Å². The zero-order valence-corrected chi connectivity index (χ0v) is 17.2. The van der Waals surface area contributed by atoms with Crippen LogP contribution in [0.1, 0.15) is 35.5 Å². The van der Waals surface area contributed by atoms with Crippen LogP contribution in [0.25, 0.3) is 10.2 Å². The highest BCUT2D eigenvalue weighted by Crippen LogP contribution is 2.39. The number of hydrogen-bond acceptors (Lipinski definition) is 7. The molecule has 4 heterocycles. The van der Waals surface area contributed by atoms with Gasteiger partial charge in [0.1, 0.15) is 22.5 Å². The topological polar surface area (TPSA) is 70.6 Å². The van der Waals surface area contributed by atoms with Gasteiger partial charge >= 0.3 is 0 Å². The third-order valence-electron chi connectivity index (χ3n) is 6.07. The third kappa shape index (κ3) is 3.38. The fraction of sp³-hybridized carbons (Fsp3) is 0.650. The average molecular weight is 402 g/mol. The first kappa shape index (κ1) is 18.3. The number of fused-ring (bicyclic) bond motifs is 3. The van der Waals surface area contributed by atoms with Crippen LogP contribution in [0.15, 0.2) is 0 Å². The quantitative estimate of drug-likeness (QED) is 0.846. The van der Waals surface area contributed by atoms with Gasteiger partial charge in [0.05, 0.1) is 25.1 Å². The Hall–Kier alpha value is -1.77. The Balaban J connectivity index is 1.52. The van der Waals surface area contributed by atoms with Gasteiger partial charge in [-0.05, 0) is 37.7 Å². The minimum atomic E-state index is -0.182. The van der Waals surface area contributed by atoms with Gasteiger partial charge in [0.2, 0.25) is 5.91 Å². The number of nitrogens with one attached hydrogen (secondary N) is 1. The summed E-state index contributed by atoms with van der Waals surface area (Å²) in [6.07, 6.45) is 5.53. The maximum absolute atomic E-state index is 12.5. The van der Waals surface area contributed by atoms with Crippen molar-refractivity contribution in [3.05, 3.63) is 16.3 Å². The van der Waals surface area contributed by atoms with Crippen molar-refractivity contribution >= 4 is 33.3 Å². The Kier molecular flexibility index (Phi) is 4.94. The predicted molar refractivity (Wildman–Crippen MR) is 110 cm³/mol. The molecule has 3 aliphatic rings. The van der Waals surface area contributed by atoms with Crippen molar-refractivity contribution < 1.29 is 9.53 Å². The molecular formula is C20H27N5O2S. The number of carbonyl (C=O) groups excluding carboxylic acids is 1. The van der Waals surface area contributed by atoms with E-state index >= 15 is 0 Å². The molecule has 1 atom stereocenters. The summed E-state index contributed by atoms with van der Waals surface area (Å²) >= 11 is 1.82. The highest BCUT2D eigenvalue weighted by Gasteiger charge is 2.31. The SMILES string of the molecule is CN1CCC(Nc2nc(CN3CCOCC3)nc3sc4c(c23)CCCC4)C1=O. The van der Waals surface area contributed by atoms with Crippen LogP contribution in [0, 0.1) is 0 Å². The van der Waals surface area contributed by atoms with Gasteiger partial charge in [-0.25, -0.2) is 9.97 Å². The first-order chi connectivity index (χ1) is 13.7. The average Bonchev–Trinajstić information content (AvgIpc) is 3.23. The standard InChI is InChI=1S/C20H27N5O2S/c1-24-7-6-14(20(24)26)21-18-17-13-4-2-3-5-15(13)28-19(17)23-16(22-18)12-25-8-10-27-11-9-25/h14H,2-12H2,1H3,(H,21,22,23). The number of thiophene rings is 1. The van der Waals surface area contributed by atoms with Crippen LogP contribution in [-0.4, -0.2) is 71.6 Å². The van der Waals surface area contributed by atoms with Crippen LogP contribution in [0.4, 0.5) is 5.82 Å². The molecule has 2 aromatic rings. The molecule has 0 aromatic carbocycles. The van der Waals surface area contributed by atoms with E-state index < -0.39 is 0 Å². The summed E-state index contributed by atoms with van der Waals surface area (Å²) in [6.45, 7) is 4.89. The molecule has 150 valence electrons. The summed E-state index contributed by atoms with van der Waals surface area (Å²) in [4.78, 5) is 29.0. The number of amides is 1. The fourth-order valence-electron chi connectivity index (χ4n) is 4.46. The zero-order chi connectivity index (χ0) is 19.1. The van der Waals surface area contributed by atoms with Crippen molar-refractivity contribution in [2.75, 3.05) is 45.2 Å². The van der Waals surface area contributed by atoms with E-state index in [1.165, 1.54) is 23.3 Å². The molecule has 2 saturated heterocycles. The zero-order valence-electron chi connectivity index (χ0n) is 16.4. The van der Waals surface area contributed by atoms with E-state index in [-0.39, 0.29) is 11.9 Å². The number of ether oxygens (including phenoxy) is 1. The highest BCUT2D eigenvalue weighted by molar-refractivity contribution is 7.19. The Morgan fingerprint density at radius 3 is 2.79 bits per heavy atom. The van der Waals surface area contributed by atoms with Gasteiger partial charge in [0.25, 0.3) is 0 Å². The molecule has 1 N–H and O–H groups in total. The van der Waals surface area contributed by atoms with Gasteiger partial charge in [-0.1, -0.05) is 0 Å². The molecule has 1 unspecified atom stereocenters. The highest BCUT2D eigenvalue weighted by atomic mass is 32.1. The molecule has 2 fully saturated rings. The largest absolute Gasteiger partial charge is 0.379 e. The van der Waals surface area contributed by atoms with Gasteiger partial charge in [-0.2, -0.15) is 0 Å². The van der Waals surface area contributed by atoms with Crippen LogP contribution in [0.5, 0.6) is 0 Å². The lowest BCUT2D eigenvalue weighted by atomic mass is 9.97. The second kappa shape index (κ2) is 7.57. The molecule has 0 radical (unpaired) electrons. The number of hydrogen-bond donors (Lipinski definition) is 1. The summed E-state index contributed by atoms with van der Waals surface area (Å²) in [5, 5.41) is 4.66. The molecule has 1 amide bonds. The number of aromatic nitrogens is 2. The smallest absolute Gasteiger partial charge is 0.244 e. The number of nitrogens with zero attached hydrogens (tertiary/aromatic N) is 4. The second-order valence-electron chi connectivity index (χ2n) is 8.01. The molecule has 1 aliphatic carbocycles. The predicted octanol–water partition coefficient (Wildman–Crippen LogP) is 2.04. The molecule has 2 aliphatic heterocycles. The Labute approximate surface area is 169 Å². The van der Waals surface area contributed by atoms with Crippen molar-refractivity contribution in [2.45, 2.75) is 44.7 Å². The normalized spacial score (nSPS) is 23.4. The third-order valence-corrected chi connectivity index (χ3v) is 7.25. The Morgan fingerprint density at radius 2 is 2.00 bits per heavy atom. The lowest BCUT2D eigenvalue weighted by molar-refractivity contribution is -0.127. The summed E-state index contributed by atoms with van der Waals surface area (Å²) in [5.74, 6) is 1.86. The Bertz CT molecular complexity index is 892. The van der Waals surface area contributed by atoms with Crippen LogP contribution in [0.3, 0.4) is 0 Å². The maximum Gasteiger partial charge on any atom is 0.244 e. The van der Waals surface area contributed by atoms with E-state index in [9.17, 15) is 4.79 Å². The number of anilines is 1. The summed E-state index contributed by atoms with van der Waals surface area (Å²) in [5.41, 5.74) is 1.41. The summed E-state index contributed by atoms with van der Waals surface area (Å²) in [7, 11) is 1.87. The number of likely N-dealkylation sites (tertiary alicyclic amines) is 1. The fourth-order valence-corrected chi connectivity index (χ4v) is 5.74. The number of rotatable bonds is 4. The number of morpholine rings is 1. The van der Waals surface area contributed by atoms with Gasteiger partial charge in [-0.3, -0.25) is 9.69 Å². The monoisotopic (exact) mass is 401 g/mol. The molecule has 0 bridgehead atoms. The maximum atomic E-state index is 12.5. The van der Waals surface area contributed by atoms with E-state index in [0.29, 0.717) is 0 Å². The summed E-state index contributed by atoms with van der Waals surface area (Å²) in [6, 6.07) is -0.182. The first-order valence-corrected chi connectivity index (χ1v) is 11.1. The number of likely N-dealkylation sites (N-methyl/N-ethyl adjacent to an activating group) is 1. The molecule has 8 heteroatoms. The van der Waals surface area contributed by atoms with E-state index in [2.05, 4.69) is 10.2 Å². The van der Waals surface area contributed by atoms with Crippen molar-refractivity contribution in [3.63, 3.8) is 0 Å². The van der Waals surface area contributed by atoms with E-state index in [4.69, 9.17) is 14.7 Å². The van der Waals surface area contributed by atoms with Gasteiger partial charge < -0.3 is 15.0 Å². The second-order valence-corrected chi connectivity index (χ2v) is 9.10. The van der Waals surface area contributed by atoms with Gasteiger partial charge in [0.15, 0.2) is 0 Å². The van der Waals surface area contributed by atoms with Crippen LogP contribution in [-0.2, 0) is 28.9 Å². The molecule has 0 saturated carbocycles. The van der Waals surface area contributed by atoms with Crippen LogP contribution < -0.4 is 5.32 Å². The van der Waals surface area contributed by atoms with E-state index in [0.717, 1.165) is 80.5 Å². The minimum absolute atomic E-state index is 0.158. The van der Waals surface area contributed by atoms with Crippen molar-refractivity contribution in [3.8, 4) is 0 Å². The lowest BCUT2D eigenvalue weighted by Gasteiger charge is -2.26. The molecule has 7 nitrogen and oxygen atoms in total. The van der Waals surface area contributed by atoms with E-state index in [1.54, 1.807) is 4.90 Å². The minimum Gasteiger partial charge on any atom is -0.379 e. The molecule has 5 rings (SSSR count). The molecule has 28 heavy (non-hydrogen) atoms. The Morgan fingerprint density at radius 1 is 1.18 bits per heavy atom. The first-order valence-electron chi connectivity index (χ1n) is 10.3. The van der Waals surface area contributed by atoms with Crippen LogP contribution >= 0.6 is 11.3 Å². The number of carbonyl (C=O) groups is 1. The van der Waals surface area contributed by atoms with Crippen molar-refractivity contribution in [2.24, 2.45) is 0 Å². The number of aryl methyl sites for hydroxylation is 2. The van der Waals surface area contributed by atoms with Crippen LogP contribution in [0.2, 0.25) is 0 Å². The van der Waals surface area contributed by atoms with Crippen molar-refractivity contribution in [1.82, 2.24) is 19.8 Å². The lowest BCUT2D eigenvalue weighted by Crippen LogP contribution is -2.36. The summed E-state index contributed by atoms with van der Waals surface area (Å²) < 4.78 is 5.46. The van der Waals surface area contributed by atoms with Gasteiger partial charge in [-0.15, -0.1) is 11.3 Å². The molecular weight excluding hydrogens is 374 g/mol. The van der Waals surface area contributed by atoms with Crippen molar-refractivity contribution in [1.29, 1.82) is 0 Å².